The number of hydrogen-bond acceptors (Lipinski definition) is 3. The Morgan fingerprint density at radius 2 is 2.10 bits per heavy atom. The highest BCUT2D eigenvalue weighted by atomic mass is 19.1. The topological polar surface area (TPSA) is 64.0 Å². The zero-order chi connectivity index (χ0) is 15.2. The summed E-state index contributed by atoms with van der Waals surface area (Å²) in [6.45, 7) is 1.83. The molecular weight excluding hydrogens is 273 g/mol. The third-order valence-electron chi connectivity index (χ3n) is 3.11. The molecule has 21 heavy (non-hydrogen) atoms. The van der Waals surface area contributed by atoms with Gasteiger partial charge in [0.1, 0.15) is 12.4 Å². The lowest BCUT2D eigenvalue weighted by atomic mass is 10.0. The van der Waals surface area contributed by atoms with E-state index >= 15 is 0 Å². The average Bonchev–Trinajstić information content (AvgIpc) is 2.48. The molecule has 1 aromatic heterocycles. The Bertz CT molecular complexity index is 667. The monoisotopic (exact) mass is 289 g/mol. The number of amides is 1. The maximum Gasteiger partial charge on any atom is 0.347 e. The van der Waals surface area contributed by atoms with Crippen molar-refractivity contribution in [1.29, 1.82) is 0 Å². The molecular formula is C15H16FN3O2. The first kappa shape index (κ1) is 14.9. The SMILES string of the molecule is CCC(NC(=O)Cn1cccnc1=O)c1ccc(F)cc1. The summed E-state index contributed by atoms with van der Waals surface area (Å²) in [7, 11) is 0. The second-order valence-electron chi connectivity index (χ2n) is 4.61. The third-order valence-corrected chi connectivity index (χ3v) is 3.11. The third kappa shape index (κ3) is 3.98. The summed E-state index contributed by atoms with van der Waals surface area (Å²) in [5, 5.41) is 2.83. The van der Waals surface area contributed by atoms with Crippen LogP contribution in [0.2, 0.25) is 0 Å². The minimum absolute atomic E-state index is 0.0929. The summed E-state index contributed by atoms with van der Waals surface area (Å²) in [5.41, 5.74) is 0.355. The van der Waals surface area contributed by atoms with Crippen molar-refractivity contribution in [1.82, 2.24) is 14.9 Å². The van der Waals surface area contributed by atoms with Crippen LogP contribution in [0.15, 0.2) is 47.5 Å². The first-order valence-corrected chi connectivity index (χ1v) is 6.66. The number of nitrogens with zero attached hydrogens (tertiary/aromatic N) is 2. The molecule has 0 aliphatic heterocycles. The zero-order valence-electron chi connectivity index (χ0n) is 11.6. The Balaban J connectivity index is 2.05. The van der Waals surface area contributed by atoms with Gasteiger partial charge < -0.3 is 5.32 Å². The van der Waals surface area contributed by atoms with Crippen LogP contribution in [-0.2, 0) is 11.3 Å². The molecule has 1 amide bonds. The molecule has 2 aromatic rings. The fourth-order valence-corrected chi connectivity index (χ4v) is 2.02. The minimum Gasteiger partial charge on any atom is -0.348 e. The first-order valence-electron chi connectivity index (χ1n) is 6.66. The van der Waals surface area contributed by atoms with Crippen LogP contribution in [0.4, 0.5) is 4.39 Å². The van der Waals surface area contributed by atoms with E-state index in [9.17, 15) is 14.0 Å². The van der Waals surface area contributed by atoms with Crippen molar-refractivity contribution >= 4 is 5.91 Å². The van der Waals surface area contributed by atoms with Gasteiger partial charge in [0, 0.05) is 12.4 Å². The van der Waals surface area contributed by atoms with Gasteiger partial charge in [-0.05, 0) is 30.2 Å². The molecule has 0 radical (unpaired) electrons. The molecule has 5 nitrogen and oxygen atoms in total. The molecule has 0 spiro atoms. The van der Waals surface area contributed by atoms with E-state index < -0.39 is 5.69 Å². The predicted octanol–water partition coefficient (Wildman–Crippen LogP) is 1.65. The van der Waals surface area contributed by atoms with Crippen molar-refractivity contribution in [3.63, 3.8) is 0 Å². The highest BCUT2D eigenvalue weighted by molar-refractivity contribution is 5.76. The molecule has 110 valence electrons. The number of halogens is 1. The van der Waals surface area contributed by atoms with Gasteiger partial charge in [0.05, 0.1) is 6.04 Å². The Labute approximate surface area is 121 Å². The molecule has 0 bridgehead atoms. The summed E-state index contributed by atoms with van der Waals surface area (Å²) in [5.74, 6) is -0.608. The van der Waals surface area contributed by atoms with E-state index in [-0.39, 0.29) is 24.3 Å². The molecule has 1 unspecified atom stereocenters. The summed E-state index contributed by atoms with van der Waals surface area (Å²) >= 11 is 0. The summed E-state index contributed by atoms with van der Waals surface area (Å²) in [6.07, 6.45) is 3.55. The van der Waals surface area contributed by atoms with Crippen LogP contribution in [0.5, 0.6) is 0 Å². The number of hydrogen-bond donors (Lipinski definition) is 1. The Morgan fingerprint density at radius 3 is 2.71 bits per heavy atom. The van der Waals surface area contributed by atoms with E-state index in [0.717, 1.165) is 5.56 Å². The fourth-order valence-electron chi connectivity index (χ4n) is 2.02. The van der Waals surface area contributed by atoms with Crippen LogP contribution in [0.3, 0.4) is 0 Å². The number of carbonyl (C=O) groups is 1. The van der Waals surface area contributed by atoms with Crippen LogP contribution in [0, 0.1) is 5.82 Å². The van der Waals surface area contributed by atoms with Crippen molar-refractivity contribution in [2.75, 3.05) is 0 Å². The van der Waals surface area contributed by atoms with E-state index in [4.69, 9.17) is 0 Å². The lowest BCUT2D eigenvalue weighted by Crippen LogP contribution is -2.35. The van der Waals surface area contributed by atoms with Crippen molar-refractivity contribution in [2.24, 2.45) is 0 Å². The highest BCUT2D eigenvalue weighted by Gasteiger charge is 2.13. The Morgan fingerprint density at radius 1 is 1.38 bits per heavy atom. The van der Waals surface area contributed by atoms with Crippen molar-refractivity contribution in [3.05, 3.63) is 64.6 Å². The van der Waals surface area contributed by atoms with E-state index in [1.807, 2.05) is 6.92 Å². The highest BCUT2D eigenvalue weighted by Crippen LogP contribution is 2.16. The van der Waals surface area contributed by atoms with E-state index in [2.05, 4.69) is 10.3 Å². The van der Waals surface area contributed by atoms with Gasteiger partial charge in [0.2, 0.25) is 5.91 Å². The number of nitrogens with one attached hydrogen (secondary N) is 1. The summed E-state index contributed by atoms with van der Waals surface area (Å²) in [4.78, 5) is 27.0. The minimum atomic E-state index is -0.470. The maximum atomic E-state index is 12.9. The maximum absolute atomic E-state index is 12.9. The lowest BCUT2D eigenvalue weighted by molar-refractivity contribution is -0.122. The van der Waals surface area contributed by atoms with Gasteiger partial charge in [-0.25, -0.2) is 14.2 Å². The molecule has 0 aliphatic carbocycles. The van der Waals surface area contributed by atoms with Gasteiger partial charge in [-0.2, -0.15) is 0 Å². The summed E-state index contributed by atoms with van der Waals surface area (Å²) in [6, 6.07) is 7.36. The van der Waals surface area contributed by atoms with Gasteiger partial charge in [0.15, 0.2) is 0 Å². The first-order chi connectivity index (χ1) is 10.1. The van der Waals surface area contributed by atoms with Crippen LogP contribution >= 0.6 is 0 Å². The van der Waals surface area contributed by atoms with Crippen LogP contribution in [0.25, 0.3) is 0 Å². The predicted molar refractivity (Wildman–Crippen MR) is 76.1 cm³/mol. The van der Waals surface area contributed by atoms with Crippen molar-refractivity contribution < 1.29 is 9.18 Å². The van der Waals surface area contributed by atoms with Crippen molar-refractivity contribution in [2.45, 2.75) is 25.9 Å². The van der Waals surface area contributed by atoms with Crippen LogP contribution in [0.1, 0.15) is 24.9 Å². The quantitative estimate of drug-likeness (QED) is 0.910. The lowest BCUT2D eigenvalue weighted by Gasteiger charge is -2.17. The molecule has 1 heterocycles. The molecule has 1 N–H and O–H groups in total. The Hall–Kier alpha value is -2.50. The number of rotatable bonds is 5. The number of carbonyl (C=O) groups excluding carboxylic acids is 1. The number of aromatic nitrogens is 2. The molecule has 0 aliphatic rings. The molecule has 0 saturated heterocycles. The smallest absolute Gasteiger partial charge is 0.347 e. The molecule has 1 atom stereocenters. The molecule has 0 fully saturated rings. The van der Waals surface area contributed by atoms with E-state index in [1.165, 1.54) is 29.1 Å². The Kier molecular flexibility index (Phi) is 4.81. The van der Waals surface area contributed by atoms with Gasteiger partial charge in [-0.1, -0.05) is 19.1 Å². The normalized spacial score (nSPS) is 11.9. The molecule has 2 rings (SSSR count). The zero-order valence-corrected chi connectivity index (χ0v) is 11.6. The standard InChI is InChI=1S/C15H16FN3O2/c1-2-13(11-4-6-12(16)7-5-11)18-14(20)10-19-9-3-8-17-15(19)21/h3-9,13H,2,10H2,1H3,(H,18,20). The number of benzene rings is 1. The second-order valence-corrected chi connectivity index (χ2v) is 4.61. The van der Waals surface area contributed by atoms with Gasteiger partial charge in [0.25, 0.3) is 0 Å². The molecule has 0 saturated carbocycles. The van der Waals surface area contributed by atoms with Gasteiger partial charge in [-0.3, -0.25) is 9.36 Å². The van der Waals surface area contributed by atoms with Crippen molar-refractivity contribution in [3.8, 4) is 0 Å². The van der Waals surface area contributed by atoms with Crippen LogP contribution < -0.4 is 11.0 Å². The van der Waals surface area contributed by atoms with E-state index in [0.29, 0.717) is 6.42 Å². The largest absolute Gasteiger partial charge is 0.348 e. The summed E-state index contributed by atoms with van der Waals surface area (Å²) < 4.78 is 14.1. The van der Waals surface area contributed by atoms with Gasteiger partial charge >= 0.3 is 5.69 Å². The van der Waals surface area contributed by atoms with Gasteiger partial charge in [-0.15, -0.1) is 0 Å². The van der Waals surface area contributed by atoms with Crippen LogP contribution in [-0.4, -0.2) is 15.5 Å². The average molecular weight is 289 g/mol. The fraction of sp³-hybridized carbons (Fsp3) is 0.267. The second kappa shape index (κ2) is 6.78. The van der Waals surface area contributed by atoms with E-state index in [1.54, 1.807) is 18.2 Å². The molecule has 6 heteroatoms. The molecule has 1 aromatic carbocycles.